The second-order valence-electron chi connectivity index (χ2n) is 3.66. The minimum Gasteiger partial charge on any atom is -0.375 e. The summed E-state index contributed by atoms with van der Waals surface area (Å²) < 4.78 is 5.43. The van der Waals surface area contributed by atoms with Crippen molar-refractivity contribution in [1.82, 2.24) is 4.90 Å². The van der Waals surface area contributed by atoms with Crippen LogP contribution in [0.15, 0.2) is 0 Å². The summed E-state index contributed by atoms with van der Waals surface area (Å²) in [5, 5.41) is -0.215. The van der Waals surface area contributed by atoms with Gasteiger partial charge in [0, 0.05) is 6.54 Å². The van der Waals surface area contributed by atoms with E-state index in [1.807, 2.05) is 18.7 Å². The Morgan fingerprint density at radius 1 is 1.62 bits per heavy atom. The fraction of sp³-hybridized carbons (Fsp3) is 0.889. The number of carbonyl (C=O) groups excluding carboxylic acids is 1. The Labute approximate surface area is 84.8 Å². The zero-order valence-electron chi connectivity index (χ0n) is 8.36. The summed E-state index contributed by atoms with van der Waals surface area (Å²) >= 11 is 4.14. The van der Waals surface area contributed by atoms with Crippen LogP contribution < -0.4 is 0 Å². The molecule has 0 aliphatic carbocycles. The maximum atomic E-state index is 11.6. The quantitative estimate of drug-likeness (QED) is 0.643. The molecule has 3 unspecified atom stereocenters. The first-order valence-corrected chi connectivity index (χ1v) is 5.14. The fourth-order valence-electron chi connectivity index (χ4n) is 1.45. The summed E-state index contributed by atoms with van der Waals surface area (Å²) in [7, 11) is 0. The monoisotopic (exact) mass is 203 g/mol. The molecule has 1 amide bonds. The second kappa shape index (κ2) is 4.33. The summed E-state index contributed by atoms with van der Waals surface area (Å²) in [6.07, 6.45) is 0.146. The minimum atomic E-state index is -0.215. The Morgan fingerprint density at radius 2 is 2.23 bits per heavy atom. The zero-order chi connectivity index (χ0) is 10.0. The average molecular weight is 203 g/mol. The molecule has 13 heavy (non-hydrogen) atoms. The van der Waals surface area contributed by atoms with Crippen LogP contribution in [0.2, 0.25) is 0 Å². The summed E-state index contributed by atoms with van der Waals surface area (Å²) in [6, 6.07) is 0.179. The molecule has 76 valence electrons. The third kappa shape index (κ3) is 2.61. The van der Waals surface area contributed by atoms with Crippen molar-refractivity contribution < 1.29 is 9.53 Å². The molecule has 1 heterocycles. The predicted molar refractivity (Wildman–Crippen MR) is 55.0 cm³/mol. The van der Waals surface area contributed by atoms with Crippen LogP contribution in [-0.4, -0.2) is 41.4 Å². The molecule has 0 radical (unpaired) electrons. The van der Waals surface area contributed by atoms with Crippen LogP contribution in [0.5, 0.6) is 0 Å². The number of hydrogen-bond acceptors (Lipinski definition) is 3. The number of thiol groups is 1. The molecule has 1 rings (SSSR count). The van der Waals surface area contributed by atoms with E-state index < -0.39 is 0 Å². The zero-order valence-corrected chi connectivity index (χ0v) is 9.25. The lowest BCUT2D eigenvalue weighted by molar-refractivity contribution is -0.142. The van der Waals surface area contributed by atoms with E-state index in [0.717, 1.165) is 0 Å². The van der Waals surface area contributed by atoms with Crippen LogP contribution in [0.4, 0.5) is 0 Å². The van der Waals surface area contributed by atoms with E-state index >= 15 is 0 Å². The highest BCUT2D eigenvalue weighted by molar-refractivity contribution is 7.81. The highest BCUT2D eigenvalue weighted by Gasteiger charge is 2.28. The first-order chi connectivity index (χ1) is 6.02. The molecular formula is C9H17NO2S. The molecule has 3 nitrogen and oxygen atoms in total. The van der Waals surface area contributed by atoms with Crippen molar-refractivity contribution in [2.75, 3.05) is 13.2 Å². The van der Waals surface area contributed by atoms with Crippen molar-refractivity contribution in [3.8, 4) is 0 Å². The molecule has 1 aliphatic rings. The van der Waals surface area contributed by atoms with Gasteiger partial charge in [0.05, 0.1) is 24.0 Å². The number of ether oxygens (including phenoxy) is 1. The molecule has 4 heteroatoms. The molecule has 0 N–H and O–H groups in total. The van der Waals surface area contributed by atoms with Crippen molar-refractivity contribution >= 4 is 18.5 Å². The highest BCUT2D eigenvalue weighted by Crippen LogP contribution is 2.13. The topological polar surface area (TPSA) is 29.5 Å². The second-order valence-corrected chi connectivity index (χ2v) is 4.43. The molecule has 0 aromatic rings. The van der Waals surface area contributed by atoms with Crippen LogP contribution >= 0.6 is 12.6 Å². The van der Waals surface area contributed by atoms with E-state index in [1.54, 1.807) is 6.92 Å². The first kappa shape index (κ1) is 10.9. The van der Waals surface area contributed by atoms with E-state index in [9.17, 15) is 4.79 Å². The maximum Gasteiger partial charge on any atom is 0.235 e. The molecule has 0 aromatic heterocycles. The van der Waals surface area contributed by atoms with E-state index in [2.05, 4.69) is 12.6 Å². The summed E-state index contributed by atoms with van der Waals surface area (Å²) in [5.74, 6) is 0.103. The predicted octanol–water partition coefficient (Wildman–Crippen LogP) is 0.941. The van der Waals surface area contributed by atoms with Gasteiger partial charge in [-0.05, 0) is 20.8 Å². The molecule has 3 atom stereocenters. The Morgan fingerprint density at radius 3 is 2.77 bits per heavy atom. The lowest BCUT2D eigenvalue weighted by atomic mass is 10.2. The smallest absolute Gasteiger partial charge is 0.235 e. The third-order valence-electron chi connectivity index (χ3n) is 2.25. The van der Waals surface area contributed by atoms with Gasteiger partial charge in [-0.2, -0.15) is 12.6 Å². The lowest BCUT2D eigenvalue weighted by Crippen LogP contribution is -2.52. The van der Waals surface area contributed by atoms with Gasteiger partial charge in [-0.1, -0.05) is 0 Å². The van der Waals surface area contributed by atoms with Gasteiger partial charge >= 0.3 is 0 Å². The SMILES string of the molecule is CC1CN(C(=O)C(C)S)C(C)CO1. The molecule has 1 fully saturated rings. The number of hydrogen-bond donors (Lipinski definition) is 1. The van der Waals surface area contributed by atoms with E-state index in [1.165, 1.54) is 0 Å². The maximum absolute atomic E-state index is 11.6. The minimum absolute atomic E-state index is 0.103. The number of nitrogens with zero attached hydrogens (tertiary/aromatic N) is 1. The first-order valence-electron chi connectivity index (χ1n) is 4.62. The number of morpholine rings is 1. The van der Waals surface area contributed by atoms with Crippen molar-refractivity contribution in [3.05, 3.63) is 0 Å². The van der Waals surface area contributed by atoms with E-state index in [-0.39, 0.29) is 23.3 Å². The van der Waals surface area contributed by atoms with Crippen molar-refractivity contribution in [2.24, 2.45) is 0 Å². The van der Waals surface area contributed by atoms with Gasteiger partial charge in [-0.25, -0.2) is 0 Å². The van der Waals surface area contributed by atoms with Gasteiger partial charge in [-0.15, -0.1) is 0 Å². The van der Waals surface area contributed by atoms with Crippen LogP contribution in [0.1, 0.15) is 20.8 Å². The molecule has 0 spiro atoms. The third-order valence-corrected chi connectivity index (χ3v) is 2.47. The van der Waals surface area contributed by atoms with Crippen LogP contribution in [-0.2, 0) is 9.53 Å². The fourth-order valence-corrected chi connectivity index (χ4v) is 1.60. The van der Waals surface area contributed by atoms with Crippen molar-refractivity contribution in [1.29, 1.82) is 0 Å². The number of amides is 1. The summed E-state index contributed by atoms with van der Waals surface area (Å²) in [5.41, 5.74) is 0. The number of rotatable bonds is 1. The molecule has 1 saturated heterocycles. The Hall–Kier alpha value is -0.220. The van der Waals surface area contributed by atoms with Gasteiger partial charge in [0.2, 0.25) is 5.91 Å². The van der Waals surface area contributed by atoms with Crippen molar-refractivity contribution in [3.63, 3.8) is 0 Å². The number of carbonyl (C=O) groups is 1. The molecule has 0 saturated carbocycles. The van der Waals surface area contributed by atoms with E-state index in [4.69, 9.17) is 4.74 Å². The molecule has 1 aliphatic heterocycles. The summed E-state index contributed by atoms with van der Waals surface area (Å²) in [4.78, 5) is 13.5. The Kier molecular flexibility index (Phi) is 3.62. The Balaban J connectivity index is 2.60. The molecule has 0 bridgehead atoms. The van der Waals surface area contributed by atoms with Gasteiger partial charge in [-0.3, -0.25) is 4.79 Å². The molecular weight excluding hydrogens is 186 g/mol. The highest BCUT2D eigenvalue weighted by atomic mass is 32.1. The van der Waals surface area contributed by atoms with Crippen LogP contribution in [0.3, 0.4) is 0 Å². The van der Waals surface area contributed by atoms with Gasteiger partial charge in [0.25, 0.3) is 0 Å². The van der Waals surface area contributed by atoms with Gasteiger partial charge < -0.3 is 9.64 Å². The van der Waals surface area contributed by atoms with Gasteiger partial charge in [0.1, 0.15) is 0 Å². The van der Waals surface area contributed by atoms with Gasteiger partial charge in [0.15, 0.2) is 0 Å². The molecule has 0 aromatic carbocycles. The van der Waals surface area contributed by atoms with Crippen molar-refractivity contribution in [2.45, 2.75) is 38.2 Å². The van der Waals surface area contributed by atoms with Crippen LogP contribution in [0.25, 0.3) is 0 Å². The standard InChI is InChI=1S/C9H17NO2S/c1-6-5-12-7(2)4-10(6)9(11)8(3)13/h6-8,13H,4-5H2,1-3H3. The lowest BCUT2D eigenvalue weighted by Gasteiger charge is -2.37. The average Bonchev–Trinajstić information content (AvgIpc) is 2.08. The Bertz CT molecular complexity index is 196. The summed E-state index contributed by atoms with van der Waals surface area (Å²) in [6.45, 7) is 7.10. The normalized spacial score (nSPS) is 31.5. The largest absolute Gasteiger partial charge is 0.375 e. The van der Waals surface area contributed by atoms with Crippen LogP contribution in [0, 0.1) is 0 Å². The van der Waals surface area contributed by atoms with E-state index in [0.29, 0.717) is 13.2 Å².